The highest BCUT2D eigenvalue weighted by atomic mass is 28.3. The van der Waals surface area contributed by atoms with Crippen LogP contribution >= 0.6 is 0 Å². The maximum Gasteiger partial charge on any atom is 0.122 e. The summed E-state index contributed by atoms with van der Waals surface area (Å²) < 4.78 is 2.70. The van der Waals surface area contributed by atoms with Crippen molar-refractivity contribution in [3.05, 3.63) is 0 Å². The molecule has 74 valence electrons. The highest BCUT2D eigenvalue weighted by molar-refractivity contribution is 6.75. The molecule has 3 heteroatoms. The highest BCUT2D eigenvalue weighted by Gasteiger charge is 2.33. The first kappa shape index (κ1) is 10.7. The van der Waals surface area contributed by atoms with Gasteiger partial charge >= 0.3 is 0 Å². The van der Waals surface area contributed by atoms with Gasteiger partial charge in [0.25, 0.3) is 0 Å². The number of rotatable bonds is 4. The molecular weight excluding hydrogens is 176 g/mol. The molecule has 1 rings (SSSR count). The predicted octanol–water partition coefficient (Wildman–Crippen LogP) is 2.59. The Bertz CT molecular complexity index is 196. The minimum absolute atomic E-state index is 0.732. The van der Waals surface area contributed by atoms with E-state index in [-0.39, 0.29) is 0 Å². The van der Waals surface area contributed by atoms with Crippen LogP contribution in [-0.4, -0.2) is 25.9 Å². The Morgan fingerprint density at radius 2 is 2.15 bits per heavy atom. The second-order valence-electron chi connectivity index (χ2n) is 4.52. The molecule has 0 amide bonds. The first-order valence-electron chi connectivity index (χ1n) is 5.29. The third-order valence-electron chi connectivity index (χ3n) is 3.04. The first-order valence-corrected chi connectivity index (χ1v) is 8.44. The van der Waals surface area contributed by atoms with E-state index in [2.05, 4.69) is 23.7 Å². The van der Waals surface area contributed by atoms with E-state index < -0.39 is 8.24 Å². The fraction of sp³-hybridized carbons (Fsp3) is 0.900. The van der Waals surface area contributed by atoms with Crippen molar-refractivity contribution in [2.75, 3.05) is 13.1 Å². The molecule has 0 aromatic rings. The zero-order valence-electron chi connectivity index (χ0n) is 8.84. The molecule has 0 N–H and O–H groups in total. The SMILES string of the molecule is C[Si]1(C)CCCN1CCCCC#N. The summed E-state index contributed by atoms with van der Waals surface area (Å²) in [7, 11) is -0.979. The zero-order valence-corrected chi connectivity index (χ0v) is 9.84. The van der Waals surface area contributed by atoms with Crippen LogP contribution in [0.1, 0.15) is 25.7 Å². The van der Waals surface area contributed by atoms with Gasteiger partial charge in [0, 0.05) is 6.42 Å². The lowest BCUT2D eigenvalue weighted by Gasteiger charge is -2.29. The molecular formula is C10H20N2Si. The summed E-state index contributed by atoms with van der Waals surface area (Å²) >= 11 is 0. The molecule has 1 aliphatic rings. The lowest BCUT2D eigenvalue weighted by atomic mass is 10.2. The van der Waals surface area contributed by atoms with Crippen LogP contribution in [0.5, 0.6) is 0 Å². The summed E-state index contributed by atoms with van der Waals surface area (Å²) in [6, 6.07) is 3.67. The molecule has 1 saturated heterocycles. The number of hydrogen-bond donors (Lipinski definition) is 0. The Kier molecular flexibility index (Phi) is 3.95. The van der Waals surface area contributed by atoms with Gasteiger partial charge < -0.3 is 4.57 Å². The van der Waals surface area contributed by atoms with E-state index in [1.54, 1.807) is 0 Å². The van der Waals surface area contributed by atoms with E-state index in [0.717, 1.165) is 12.8 Å². The molecule has 0 saturated carbocycles. The standard InChI is InChI=1S/C10H20N2Si/c1-13(2)10-6-9-12(13)8-5-3-4-7-11/h3-6,8-10H2,1-2H3. The van der Waals surface area contributed by atoms with Gasteiger partial charge in [-0.1, -0.05) is 13.1 Å². The molecule has 1 fully saturated rings. The van der Waals surface area contributed by atoms with E-state index in [0.29, 0.717) is 0 Å². The minimum Gasteiger partial charge on any atom is -0.324 e. The van der Waals surface area contributed by atoms with Gasteiger partial charge in [-0.2, -0.15) is 5.26 Å². The van der Waals surface area contributed by atoms with E-state index in [1.807, 2.05) is 0 Å². The average molecular weight is 196 g/mol. The summed E-state index contributed by atoms with van der Waals surface area (Å²) in [5, 5.41) is 8.41. The lowest BCUT2D eigenvalue weighted by Crippen LogP contribution is -2.43. The third kappa shape index (κ3) is 3.13. The van der Waals surface area contributed by atoms with Crippen LogP contribution in [0.25, 0.3) is 0 Å². The van der Waals surface area contributed by atoms with E-state index in [1.165, 1.54) is 32.0 Å². The second-order valence-corrected chi connectivity index (χ2v) is 9.28. The van der Waals surface area contributed by atoms with Crippen molar-refractivity contribution in [1.82, 2.24) is 4.57 Å². The Morgan fingerprint density at radius 3 is 2.69 bits per heavy atom. The van der Waals surface area contributed by atoms with Crippen LogP contribution in [0.2, 0.25) is 19.1 Å². The van der Waals surface area contributed by atoms with Crippen molar-refractivity contribution in [3.63, 3.8) is 0 Å². The number of unbranched alkanes of at least 4 members (excludes halogenated alkanes) is 2. The molecule has 0 radical (unpaired) electrons. The Balaban J connectivity index is 2.18. The van der Waals surface area contributed by atoms with E-state index in [4.69, 9.17) is 5.26 Å². The Labute approximate surface area is 82.6 Å². The Morgan fingerprint density at radius 1 is 1.38 bits per heavy atom. The van der Waals surface area contributed by atoms with Crippen molar-refractivity contribution in [2.24, 2.45) is 0 Å². The number of hydrogen-bond acceptors (Lipinski definition) is 2. The van der Waals surface area contributed by atoms with E-state index in [9.17, 15) is 0 Å². The van der Waals surface area contributed by atoms with Crippen LogP contribution in [-0.2, 0) is 0 Å². The zero-order chi connectivity index (χ0) is 9.73. The maximum absolute atomic E-state index is 8.41. The lowest BCUT2D eigenvalue weighted by molar-refractivity contribution is 0.440. The van der Waals surface area contributed by atoms with Crippen LogP contribution < -0.4 is 0 Å². The monoisotopic (exact) mass is 196 g/mol. The van der Waals surface area contributed by atoms with Crippen LogP contribution in [0, 0.1) is 11.3 Å². The van der Waals surface area contributed by atoms with Gasteiger partial charge in [-0.15, -0.1) is 0 Å². The van der Waals surface area contributed by atoms with Gasteiger partial charge in [-0.25, -0.2) is 0 Å². The van der Waals surface area contributed by atoms with Gasteiger partial charge in [-0.3, -0.25) is 0 Å². The quantitative estimate of drug-likeness (QED) is 0.510. The maximum atomic E-state index is 8.41. The first-order chi connectivity index (χ1) is 6.17. The second kappa shape index (κ2) is 4.78. The number of nitrogens with zero attached hydrogens (tertiary/aromatic N) is 2. The summed E-state index contributed by atoms with van der Waals surface area (Å²) in [6.07, 6.45) is 4.43. The van der Waals surface area contributed by atoms with Gasteiger partial charge in [0.1, 0.15) is 8.24 Å². The molecule has 13 heavy (non-hydrogen) atoms. The fourth-order valence-corrected chi connectivity index (χ4v) is 4.95. The van der Waals surface area contributed by atoms with Crippen LogP contribution in [0.15, 0.2) is 0 Å². The topological polar surface area (TPSA) is 27.0 Å². The summed E-state index contributed by atoms with van der Waals surface area (Å²) in [4.78, 5) is 0. The third-order valence-corrected chi connectivity index (χ3v) is 6.78. The normalized spacial score (nSPS) is 21.6. The van der Waals surface area contributed by atoms with Gasteiger partial charge in [-0.05, 0) is 38.4 Å². The largest absolute Gasteiger partial charge is 0.324 e. The van der Waals surface area contributed by atoms with Crippen molar-refractivity contribution < 1.29 is 0 Å². The fourth-order valence-electron chi connectivity index (χ4n) is 2.08. The average Bonchev–Trinajstić information content (AvgIpc) is 2.40. The molecule has 1 aliphatic heterocycles. The Hall–Kier alpha value is -0.333. The molecule has 0 aromatic heterocycles. The molecule has 0 aliphatic carbocycles. The van der Waals surface area contributed by atoms with Crippen molar-refractivity contribution >= 4 is 8.24 Å². The summed E-state index contributed by atoms with van der Waals surface area (Å²) in [5.74, 6) is 0. The van der Waals surface area contributed by atoms with Gasteiger partial charge in [0.2, 0.25) is 0 Å². The predicted molar refractivity (Wildman–Crippen MR) is 57.9 cm³/mol. The number of nitriles is 1. The minimum atomic E-state index is -0.979. The van der Waals surface area contributed by atoms with Crippen molar-refractivity contribution in [3.8, 4) is 6.07 Å². The van der Waals surface area contributed by atoms with Crippen molar-refractivity contribution in [1.29, 1.82) is 5.26 Å². The smallest absolute Gasteiger partial charge is 0.122 e. The molecule has 0 atom stereocenters. The molecule has 0 aromatic carbocycles. The molecule has 0 spiro atoms. The summed E-state index contributed by atoms with van der Waals surface area (Å²) in [6.45, 7) is 7.47. The van der Waals surface area contributed by atoms with Crippen molar-refractivity contribution in [2.45, 2.75) is 44.8 Å². The van der Waals surface area contributed by atoms with E-state index >= 15 is 0 Å². The molecule has 2 nitrogen and oxygen atoms in total. The van der Waals surface area contributed by atoms with Gasteiger partial charge in [0.15, 0.2) is 0 Å². The molecule has 0 unspecified atom stereocenters. The highest BCUT2D eigenvalue weighted by Crippen LogP contribution is 2.25. The summed E-state index contributed by atoms with van der Waals surface area (Å²) in [5.41, 5.74) is 0. The van der Waals surface area contributed by atoms with Crippen LogP contribution in [0.4, 0.5) is 0 Å². The molecule has 0 bridgehead atoms. The molecule has 1 heterocycles. The van der Waals surface area contributed by atoms with Crippen LogP contribution in [0.3, 0.4) is 0 Å². The van der Waals surface area contributed by atoms with Gasteiger partial charge in [0.05, 0.1) is 6.07 Å².